The van der Waals surface area contributed by atoms with Gasteiger partial charge in [0.2, 0.25) is 0 Å². The van der Waals surface area contributed by atoms with Crippen molar-refractivity contribution < 1.29 is 0 Å². The number of hydrogen-bond acceptors (Lipinski definition) is 1. The standard InChI is InChI=1S/C17H27N/c1-14(2)12-15-6-8-16(9-7-15)13-18-17(3)10-4-5-11-17/h6-9,14,18H,4-5,10-13H2,1-3H3. The molecule has 0 heterocycles. The monoisotopic (exact) mass is 245 g/mol. The lowest BCUT2D eigenvalue weighted by atomic mass is 9.99. The number of benzene rings is 1. The zero-order chi connectivity index (χ0) is 13.0. The summed E-state index contributed by atoms with van der Waals surface area (Å²) < 4.78 is 0. The highest BCUT2D eigenvalue weighted by atomic mass is 15.0. The first-order valence-corrected chi connectivity index (χ1v) is 7.40. The third kappa shape index (κ3) is 3.84. The highest BCUT2D eigenvalue weighted by Gasteiger charge is 2.27. The summed E-state index contributed by atoms with van der Waals surface area (Å²) in [6.45, 7) is 7.93. The van der Waals surface area contributed by atoms with E-state index in [-0.39, 0.29) is 0 Å². The largest absolute Gasteiger partial charge is 0.307 e. The summed E-state index contributed by atoms with van der Waals surface area (Å²) in [4.78, 5) is 0. The predicted molar refractivity (Wildman–Crippen MR) is 78.7 cm³/mol. The first kappa shape index (κ1) is 13.6. The molecule has 0 bridgehead atoms. The van der Waals surface area contributed by atoms with Crippen LogP contribution in [0.2, 0.25) is 0 Å². The van der Waals surface area contributed by atoms with E-state index in [1.807, 2.05) is 0 Å². The van der Waals surface area contributed by atoms with E-state index in [0.717, 1.165) is 12.5 Å². The fraction of sp³-hybridized carbons (Fsp3) is 0.647. The van der Waals surface area contributed by atoms with Crippen LogP contribution in [0.1, 0.15) is 57.6 Å². The third-order valence-corrected chi connectivity index (χ3v) is 4.09. The predicted octanol–water partition coefficient (Wildman–Crippen LogP) is 4.31. The average Bonchev–Trinajstić information content (AvgIpc) is 2.75. The van der Waals surface area contributed by atoms with Gasteiger partial charge in [-0.3, -0.25) is 0 Å². The SMILES string of the molecule is CC(C)Cc1ccc(CNC2(C)CCCC2)cc1. The Morgan fingerprint density at radius 3 is 2.17 bits per heavy atom. The summed E-state index contributed by atoms with van der Waals surface area (Å²) in [6.07, 6.45) is 6.62. The van der Waals surface area contributed by atoms with Crippen LogP contribution in [-0.4, -0.2) is 5.54 Å². The Hall–Kier alpha value is -0.820. The minimum absolute atomic E-state index is 0.386. The normalized spacial score (nSPS) is 18.4. The Bertz CT molecular complexity index is 358. The molecule has 0 spiro atoms. The van der Waals surface area contributed by atoms with Crippen LogP contribution in [0.15, 0.2) is 24.3 Å². The summed E-state index contributed by atoms with van der Waals surface area (Å²) in [6, 6.07) is 9.13. The molecule has 0 aliphatic heterocycles. The lowest BCUT2D eigenvalue weighted by Gasteiger charge is -2.25. The van der Waals surface area contributed by atoms with E-state index < -0.39 is 0 Å². The van der Waals surface area contributed by atoms with Crippen LogP contribution < -0.4 is 5.32 Å². The second-order valence-corrected chi connectivity index (χ2v) is 6.54. The van der Waals surface area contributed by atoms with E-state index in [1.54, 1.807) is 0 Å². The average molecular weight is 245 g/mol. The van der Waals surface area contributed by atoms with Crippen LogP contribution in [0.3, 0.4) is 0 Å². The Kier molecular flexibility index (Phi) is 4.45. The molecule has 1 nitrogen and oxygen atoms in total. The summed E-state index contributed by atoms with van der Waals surface area (Å²) in [7, 11) is 0. The van der Waals surface area contributed by atoms with E-state index in [2.05, 4.69) is 50.4 Å². The van der Waals surface area contributed by atoms with Crippen LogP contribution in [-0.2, 0) is 13.0 Å². The maximum absolute atomic E-state index is 3.73. The van der Waals surface area contributed by atoms with Gasteiger partial charge in [0.1, 0.15) is 0 Å². The molecule has 1 fully saturated rings. The van der Waals surface area contributed by atoms with Crippen molar-refractivity contribution in [1.29, 1.82) is 0 Å². The molecule has 0 aromatic heterocycles. The molecule has 1 aliphatic carbocycles. The smallest absolute Gasteiger partial charge is 0.0210 e. The van der Waals surface area contributed by atoms with Gasteiger partial charge in [0.15, 0.2) is 0 Å². The molecule has 18 heavy (non-hydrogen) atoms. The number of hydrogen-bond donors (Lipinski definition) is 1. The molecule has 2 rings (SSSR count). The van der Waals surface area contributed by atoms with Crippen LogP contribution >= 0.6 is 0 Å². The first-order chi connectivity index (χ1) is 8.57. The van der Waals surface area contributed by atoms with Crippen molar-refractivity contribution in [3.05, 3.63) is 35.4 Å². The van der Waals surface area contributed by atoms with Crippen molar-refractivity contribution >= 4 is 0 Å². The van der Waals surface area contributed by atoms with E-state index in [0.29, 0.717) is 5.54 Å². The third-order valence-electron chi connectivity index (χ3n) is 4.09. The molecule has 0 amide bonds. The lowest BCUT2D eigenvalue weighted by Crippen LogP contribution is -2.38. The molecule has 0 atom stereocenters. The van der Waals surface area contributed by atoms with E-state index in [4.69, 9.17) is 0 Å². The van der Waals surface area contributed by atoms with Crippen LogP contribution in [0.25, 0.3) is 0 Å². The summed E-state index contributed by atoms with van der Waals surface area (Å²) >= 11 is 0. The minimum Gasteiger partial charge on any atom is -0.307 e. The molecule has 1 aromatic carbocycles. The minimum atomic E-state index is 0.386. The molecular weight excluding hydrogens is 218 g/mol. The van der Waals surface area contributed by atoms with E-state index in [1.165, 1.54) is 43.2 Å². The molecular formula is C17H27N. The zero-order valence-electron chi connectivity index (χ0n) is 12.1. The maximum Gasteiger partial charge on any atom is 0.0210 e. The summed E-state index contributed by atoms with van der Waals surface area (Å²) in [5.41, 5.74) is 3.26. The molecule has 1 saturated carbocycles. The zero-order valence-corrected chi connectivity index (χ0v) is 12.1. The maximum atomic E-state index is 3.73. The van der Waals surface area contributed by atoms with Crippen molar-refractivity contribution in [2.24, 2.45) is 5.92 Å². The fourth-order valence-corrected chi connectivity index (χ4v) is 2.91. The fourth-order valence-electron chi connectivity index (χ4n) is 2.91. The van der Waals surface area contributed by atoms with Gasteiger partial charge in [-0.1, -0.05) is 51.0 Å². The van der Waals surface area contributed by atoms with Gasteiger partial charge in [0.05, 0.1) is 0 Å². The summed E-state index contributed by atoms with van der Waals surface area (Å²) in [5.74, 6) is 0.742. The molecule has 0 unspecified atom stereocenters. The van der Waals surface area contributed by atoms with Gasteiger partial charge in [-0.05, 0) is 43.2 Å². The van der Waals surface area contributed by atoms with Crippen LogP contribution in [0.4, 0.5) is 0 Å². The Balaban J connectivity index is 1.86. The lowest BCUT2D eigenvalue weighted by molar-refractivity contribution is 0.363. The topological polar surface area (TPSA) is 12.0 Å². The Morgan fingerprint density at radius 1 is 1.06 bits per heavy atom. The highest BCUT2D eigenvalue weighted by molar-refractivity contribution is 5.23. The summed E-state index contributed by atoms with van der Waals surface area (Å²) in [5, 5.41) is 3.73. The highest BCUT2D eigenvalue weighted by Crippen LogP contribution is 2.29. The molecule has 1 heteroatoms. The van der Waals surface area contributed by atoms with Gasteiger partial charge in [-0.2, -0.15) is 0 Å². The second kappa shape index (κ2) is 5.88. The van der Waals surface area contributed by atoms with Gasteiger partial charge in [-0.15, -0.1) is 0 Å². The van der Waals surface area contributed by atoms with Gasteiger partial charge in [0.25, 0.3) is 0 Å². The van der Waals surface area contributed by atoms with Crippen molar-refractivity contribution in [2.75, 3.05) is 0 Å². The van der Waals surface area contributed by atoms with Crippen LogP contribution in [0.5, 0.6) is 0 Å². The molecule has 1 aliphatic rings. The van der Waals surface area contributed by atoms with Crippen molar-refractivity contribution in [1.82, 2.24) is 5.32 Å². The number of rotatable bonds is 5. The van der Waals surface area contributed by atoms with Crippen molar-refractivity contribution in [3.8, 4) is 0 Å². The van der Waals surface area contributed by atoms with Gasteiger partial charge < -0.3 is 5.32 Å². The molecule has 1 aromatic rings. The van der Waals surface area contributed by atoms with Crippen molar-refractivity contribution in [3.63, 3.8) is 0 Å². The van der Waals surface area contributed by atoms with Gasteiger partial charge in [0, 0.05) is 12.1 Å². The quantitative estimate of drug-likeness (QED) is 0.815. The first-order valence-electron chi connectivity index (χ1n) is 7.40. The molecule has 100 valence electrons. The Morgan fingerprint density at radius 2 is 1.61 bits per heavy atom. The second-order valence-electron chi connectivity index (χ2n) is 6.54. The molecule has 0 radical (unpaired) electrons. The molecule has 0 saturated heterocycles. The van der Waals surface area contributed by atoms with Gasteiger partial charge >= 0.3 is 0 Å². The van der Waals surface area contributed by atoms with Gasteiger partial charge in [-0.25, -0.2) is 0 Å². The van der Waals surface area contributed by atoms with Crippen molar-refractivity contribution in [2.45, 2.75) is 65.0 Å². The van der Waals surface area contributed by atoms with Crippen LogP contribution in [0, 0.1) is 5.92 Å². The molecule has 1 N–H and O–H groups in total. The Labute approximate surface area is 112 Å². The van der Waals surface area contributed by atoms with E-state index in [9.17, 15) is 0 Å². The number of nitrogens with one attached hydrogen (secondary N) is 1. The van der Waals surface area contributed by atoms with E-state index >= 15 is 0 Å².